The highest BCUT2D eigenvalue weighted by molar-refractivity contribution is 6.04. The number of aromatic nitrogens is 1. The molecule has 0 bridgehead atoms. The van der Waals surface area contributed by atoms with E-state index in [4.69, 9.17) is 4.98 Å². The molecule has 1 aromatic heterocycles. The Kier molecular flexibility index (Phi) is 5.54. The van der Waals surface area contributed by atoms with Crippen molar-refractivity contribution < 1.29 is 4.79 Å². The summed E-state index contributed by atoms with van der Waals surface area (Å²) in [5.74, 6) is 0.930. The SMILES string of the molecule is CCC(CC)Nc1cc(C)nc2c1CCC(=O)N2c1c(C)cc(C)cc1C. The minimum Gasteiger partial charge on any atom is -0.382 e. The molecular formula is C23H31N3O. The van der Waals surface area contributed by atoms with Gasteiger partial charge in [-0.1, -0.05) is 31.5 Å². The van der Waals surface area contributed by atoms with Crippen LogP contribution in [-0.2, 0) is 11.2 Å². The van der Waals surface area contributed by atoms with E-state index in [1.54, 1.807) is 0 Å². The van der Waals surface area contributed by atoms with Crippen LogP contribution >= 0.6 is 0 Å². The minimum atomic E-state index is 0.129. The maximum absolute atomic E-state index is 13.0. The average molecular weight is 366 g/mol. The van der Waals surface area contributed by atoms with Gasteiger partial charge in [-0.3, -0.25) is 9.69 Å². The molecule has 4 heteroatoms. The van der Waals surface area contributed by atoms with E-state index in [0.717, 1.165) is 58.8 Å². The lowest BCUT2D eigenvalue weighted by Gasteiger charge is -2.33. The zero-order chi connectivity index (χ0) is 19.7. The number of anilines is 3. The number of nitrogens with one attached hydrogen (secondary N) is 1. The third kappa shape index (κ3) is 3.71. The van der Waals surface area contributed by atoms with Crippen LogP contribution in [0.3, 0.4) is 0 Å². The molecule has 144 valence electrons. The molecule has 0 saturated carbocycles. The Balaban J connectivity index is 2.16. The Morgan fingerprint density at radius 3 is 2.26 bits per heavy atom. The second-order valence-electron chi connectivity index (χ2n) is 7.75. The van der Waals surface area contributed by atoms with Crippen molar-refractivity contribution in [2.45, 2.75) is 73.3 Å². The second kappa shape index (κ2) is 7.71. The molecule has 2 aromatic rings. The number of nitrogens with zero attached hydrogens (tertiary/aromatic N) is 2. The van der Waals surface area contributed by atoms with Gasteiger partial charge in [0.05, 0.1) is 5.69 Å². The number of amides is 1. The number of hydrogen-bond acceptors (Lipinski definition) is 3. The fraction of sp³-hybridized carbons (Fsp3) is 0.478. The van der Waals surface area contributed by atoms with Gasteiger partial charge in [-0.15, -0.1) is 0 Å². The molecular weight excluding hydrogens is 334 g/mol. The first-order chi connectivity index (χ1) is 12.8. The molecule has 0 spiro atoms. The fourth-order valence-electron chi connectivity index (χ4n) is 4.17. The molecule has 1 aliphatic rings. The van der Waals surface area contributed by atoms with E-state index in [9.17, 15) is 4.79 Å². The smallest absolute Gasteiger partial charge is 0.233 e. The Morgan fingerprint density at radius 1 is 1.04 bits per heavy atom. The number of fused-ring (bicyclic) bond motifs is 1. The molecule has 27 heavy (non-hydrogen) atoms. The summed E-state index contributed by atoms with van der Waals surface area (Å²) in [6.07, 6.45) is 3.41. The molecule has 3 rings (SSSR count). The van der Waals surface area contributed by atoms with Gasteiger partial charge in [0.15, 0.2) is 0 Å². The Bertz CT molecular complexity index is 845. The number of benzene rings is 1. The molecule has 0 radical (unpaired) electrons. The van der Waals surface area contributed by atoms with Gasteiger partial charge in [-0.2, -0.15) is 0 Å². The van der Waals surface area contributed by atoms with Crippen molar-refractivity contribution in [2.24, 2.45) is 0 Å². The molecule has 0 aliphatic carbocycles. The molecule has 2 heterocycles. The van der Waals surface area contributed by atoms with E-state index in [0.29, 0.717) is 12.5 Å². The van der Waals surface area contributed by atoms with Crippen molar-refractivity contribution in [3.63, 3.8) is 0 Å². The van der Waals surface area contributed by atoms with Gasteiger partial charge in [0, 0.05) is 29.4 Å². The number of carbonyl (C=O) groups excluding carboxylic acids is 1. The van der Waals surface area contributed by atoms with Crippen molar-refractivity contribution in [1.29, 1.82) is 0 Å². The first-order valence-corrected chi connectivity index (χ1v) is 10.0. The van der Waals surface area contributed by atoms with Gasteiger partial charge in [-0.25, -0.2) is 4.98 Å². The van der Waals surface area contributed by atoms with E-state index in [1.807, 2.05) is 11.8 Å². The van der Waals surface area contributed by atoms with Crippen molar-refractivity contribution in [3.8, 4) is 0 Å². The number of pyridine rings is 1. The first-order valence-electron chi connectivity index (χ1n) is 10.0. The molecule has 0 fully saturated rings. The number of carbonyl (C=O) groups is 1. The van der Waals surface area contributed by atoms with Crippen molar-refractivity contribution in [2.75, 3.05) is 10.2 Å². The monoisotopic (exact) mass is 365 g/mol. The lowest BCUT2D eigenvalue weighted by Crippen LogP contribution is -2.34. The molecule has 0 unspecified atom stereocenters. The second-order valence-corrected chi connectivity index (χ2v) is 7.75. The lowest BCUT2D eigenvalue weighted by molar-refractivity contribution is -0.118. The lowest BCUT2D eigenvalue weighted by atomic mass is 9.97. The largest absolute Gasteiger partial charge is 0.382 e. The van der Waals surface area contributed by atoms with Gasteiger partial charge in [0.2, 0.25) is 5.91 Å². The van der Waals surface area contributed by atoms with Crippen molar-refractivity contribution >= 4 is 23.1 Å². The van der Waals surface area contributed by atoms with Gasteiger partial charge in [0.25, 0.3) is 0 Å². The van der Waals surface area contributed by atoms with E-state index < -0.39 is 0 Å². The van der Waals surface area contributed by atoms with E-state index >= 15 is 0 Å². The minimum absolute atomic E-state index is 0.129. The summed E-state index contributed by atoms with van der Waals surface area (Å²) in [6, 6.07) is 6.84. The molecule has 0 saturated heterocycles. The van der Waals surface area contributed by atoms with E-state index in [-0.39, 0.29) is 5.91 Å². The van der Waals surface area contributed by atoms with Gasteiger partial charge >= 0.3 is 0 Å². The number of hydrogen-bond donors (Lipinski definition) is 1. The fourth-order valence-corrected chi connectivity index (χ4v) is 4.17. The summed E-state index contributed by atoms with van der Waals surface area (Å²) >= 11 is 0. The van der Waals surface area contributed by atoms with Crippen LogP contribution in [0.25, 0.3) is 0 Å². The van der Waals surface area contributed by atoms with Crippen molar-refractivity contribution in [3.05, 3.63) is 46.1 Å². The standard InChI is InChI=1S/C23H31N3O/c1-7-18(8-2)25-20-13-17(6)24-23-19(20)9-10-21(27)26(23)22-15(4)11-14(3)12-16(22)5/h11-13,18H,7-10H2,1-6H3,(H,24,25). The average Bonchev–Trinajstić information content (AvgIpc) is 2.60. The maximum atomic E-state index is 13.0. The molecule has 1 aromatic carbocycles. The Morgan fingerprint density at radius 2 is 1.67 bits per heavy atom. The number of aryl methyl sites for hydroxylation is 4. The summed E-state index contributed by atoms with van der Waals surface area (Å²) in [5, 5.41) is 3.69. The first kappa shape index (κ1) is 19.4. The van der Waals surface area contributed by atoms with Crippen LogP contribution in [-0.4, -0.2) is 16.9 Å². The van der Waals surface area contributed by atoms with Gasteiger partial charge < -0.3 is 5.32 Å². The third-order valence-corrected chi connectivity index (χ3v) is 5.48. The van der Waals surface area contributed by atoms with Crippen LogP contribution in [0.4, 0.5) is 17.2 Å². The van der Waals surface area contributed by atoms with E-state index in [2.05, 4.69) is 58.1 Å². The molecule has 1 amide bonds. The quantitative estimate of drug-likeness (QED) is 0.758. The summed E-state index contributed by atoms with van der Waals surface area (Å²) in [5.41, 5.74) is 7.66. The Hall–Kier alpha value is -2.36. The summed E-state index contributed by atoms with van der Waals surface area (Å²) < 4.78 is 0. The Labute approximate surface area is 163 Å². The normalized spacial score (nSPS) is 13.9. The van der Waals surface area contributed by atoms with Crippen LogP contribution in [0.2, 0.25) is 0 Å². The number of rotatable bonds is 5. The van der Waals surface area contributed by atoms with Crippen LogP contribution < -0.4 is 10.2 Å². The van der Waals surface area contributed by atoms with E-state index in [1.165, 1.54) is 5.56 Å². The van der Waals surface area contributed by atoms with Gasteiger partial charge in [0.1, 0.15) is 5.82 Å². The molecule has 0 atom stereocenters. The molecule has 4 nitrogen and oxygen atoms in total. The zero-order valence-corrected chi connectivity index (χ0v) is 17.4. The third-order valence-electron chi connectivity index (χ3n) is 5.48. The summed E-state index contributed by atoms with van der Waals surface area (Å²) in [7, 11) is 0. The highest BCUT2D eigenvalue weighted by Crippen LogP contribution is 2.40. The highest BCUT2D eigenvalue weighted by atomic mass is 16.2. The zero-order valence-electron chi connectivity index (χ0n) is 17.4. The predicted octanol–water partition coefficient (Wildman–Crippen LogP) is 5.53. The maximum Gasteiger partial charge on any atom is 0.233 e. The van der Waals surface area contributed by atoms with Crippen LogP contribution in [0, 0.1) is 27.7 Å². The van der Waals surface area contributed by atoms with Crippen LogP contribution in [0.1, 0.15) is 61.1 Å². The summed E-state index contributed by atoms with van der Waals surface area (Å²) in [6.45, 7) is 12.7. The highest BCUT2D eigenvalue weighted by Gasteiger charge is 2.31. The van der Waals surface area contributed by atoms with Crippen LogP contribution in [0.5, 0.6) is 0 Å². The van der Waals surface area contributed by atoms with Gasteiger partial charge in [-0.05, 0) is 64.2 Å². The predicted molar refractivity (Wildman–Crippen MR) is 113 cm³/mol. The van der Waals surface area contributed by atoms with Crippen molar-refractivity contribution in [1.82, 2.24) is 4.98 Å². The summed E-state index contributed by atoms with van der Waals surface area (Å²) in [4.78, 5) is 19.6. The topological polar surface area (TPSA) is 45.2 Å². The molecule has 1 aliphatic heterocycles. The van der Waals surface area contributed by atoms with Crippen LogP contribution in [0.15, 0.2) is 18.2 Å². The molecule has 1 N–H and O–H groups in total.